The van der Waals surface area contributed by atoms with Gasteiger partial charge in [-0.25, -0.2) is 9.59 Å². The summed E-state index contributed by atoms with van der Waals surface area (Å²) < 4.78 is 0. The van der Waals surface area contributed by atoms with Crippen LogP contribution < -0.4 is 5.32 Å². The number of carboxylic acid groups (broad SMARTS) is 1. The molecule has 0 aromatic carbocycles. The summed E-state index contributed by atoms with van der Waals surface area (Å²) in [4.78, 5) is 24.7. The first kappa shape index (κ1) is 14.1. The van der Waals surface area contributed by atoms with Crippen LogP contribution in [0, 0.1) is 0 Å². The van der Waals surface area contributed by atoms with Gasteiger partial charge < -0.3 is 20.4 Å². The molecule has 1 atom stereocenters. The highest BCUT2D eigenvalue weighted by Crippen LogP contribution is 2.21. The molecule has 19 heavy (non-hydrogen) atoms. The Bertz CT molecular complexity index is 340. The van der Waals surface area contributed by atoms with E-state index in [9.17, 15) is 14.7 Å². The minimum absolute atomic E-state index is 0.0623. The van der Waals surface area contributed by atoms with E-state index in [1.165, 1.54) is 4.90 Å². The molecule has 3 N–H and O–H groups in total. The van der Waals surface area contributed by atoms with Crippen molar-refractivity contribution in [2.24, 2.45) is 0 Å². The van der Waals surface area contributed by atoms with Crippen molar-refractivity contribution < 1.29 is 19.8 Å². The number of aliphatic carboxylic acids is 1. The minimum Gasteiger partial charge on any atom is -0.480 e. The molecule has 1 saturated heterocycles. The van der Waals surface area contributed by atoms with Crippen molar-refractivity contribution in [1.82, 2.24) is 10.2 Å². The Morgan fingerprint density at radius 3 is 2.37 bits per heavy atom. The smallest absolute Gasteiger partial charge is 0.326 e. The van der Waals surface area contributed by atoms with Gasteiger partial charge in [0.25, 0.3) is 0 Å². The number of aliphatic hydroxyl groups excluding tert-OH is 1. The van der Waals surface area contributed by atoms with E-state index in [0.29, 0.717) is 25.8 Å². The number of amides is 2. The Balaban J connectivity index is 1.89. The van der Waals surface area contributed by atoms with Crippen LogP contribution in [0.2, 0.25) is 0 Å². The number of carboxylic acids is 1. The summed E-state index contributed by atoms with van der Waals surface area (Å²) in [5, 5.41) is 21.5. The molecule has 1 heterocycles. The number of likely N-dealkylation sites (tertiary alicyclic amines) is 1. The summed E-state index contributed by atoms with van der Waals surface area (Å²) in [5.41, 5.74) is 0. The van der Waals surface area contributed by atoms with Crippen LogP contribution in [0.25, 0.3) is 0 Å². The van der Waals surface area contributed by atoms with E-state index < -0.39 is 12.0 Å². The summed E-state index contributed by atoms with van der Waals surface area (Å²) >= 11 is 0. The van der Waals surface area contributed by atoms with E-state index in [1.807, 2.05) is 0 Å². The zero-order valence-corrected chi connectivity index (χ0v) is 11.0. The molecule has 0 spiro atoms. The molecule has 1 aliphatic carbocycles. The molecule has 2 rings (SSSR count). The van der Waals surface area contributed by atoms with E-state index in [2.05, 4.69) is 5.32 Å². The molecule has 0 aromatic rings. The highest BCUT2D eigenvalue weighted by Gasteiger charge is 2.33. The van der Waals surface area contributed by atoms with Crippen molar-refractivity contribution in [3.63, 3.8) is 0 Å². The first-order valence-electron chi connectivity index (χ1n) is 7.06. The molecule has 1 unspecified atom stereocenters. The van der Waals surface area contributed by atoms with Crippen molar-refractivity contribution in [2.75, 3.05) is 6.54 Å². The molecule has 1 saturated carbocycles. The number of aliphatic hydroxyl groups is 1. The van der Waals surface area contributed by atoms with Gasteiger partial charge in [-0.1, -0.05) is 0 Å². The van der Waals surface area contributed by atoms with Crippen LogP contribution >= 0.6 is 0 Å². The maximum absolute atomic E-state index is 12.2. The van der Waals surface area contributed by atoms with Crippen molar-refractivity contribution in [1.29, 1.82) is 0 Å². The fourth-order valence-corrected chi connectivity index (χ4v) is 2.91. The van der Waals surface area contributed by atoms with Gasteiger partial charge in [-0.05, 0) is 44.9 Å². The molecule has 1 aliphatic heterocycles. The predicted octanol–water partition coefficient (Wildman–Crippen LogP) is 0.939. The van der Waals surface area contributed by atoms with E-state index in [4.69, 9.17) is 5.11 Å². The molecule has 0 bridgehead atoms. The first-order valence-corrected chi connectivity index (χ1v) is 7.06. The number of carbonyl (C=O) groups is 2. The van der Waals surface area contributed by atoms with Crippen LogP contribution in [0.4, 0.5) is 4.79 Å². The third-order valence-corrected chi connectivity index (χ3v) is 4.07. The maximum atomic E-state index is 12.2. The number of hydrogen-bond acceptors (Lipinski definition) is 3. The van der Waals surface area contributed by atoms with Gasteiger partial charge >= 0.3 is 12.0 Å². The topological polar surface area (TPSA) is 89.9 Å². The zero-order chi connectivity index (χ0) is 13.8. The maximum Gasteiger partial charge on any atom is 0.326 e. The molecule has 0 aromatic heterocycles. The predicted molar refractivity (Wildman–Crippen MR) is 68.8 cm³/mol. The highest BCUT2D eigenvalue weighted by molar-refractivity contribution is 5.83. The SMILES string of the molecule is O=C(O)C1CCCCN1C(=O)NC1CCC(O)CC1. The Kier molecular flexibility index (Phi) is 4.63. The second-order valence-electron chi connectivity index (χ2n) is 5.50. The minimum atomic E-state index is -0.922. The third kappa shape index (κ3) is 3.59. The van der Waals surface area contributed by atoms with Crippen molar-refractivity contribution in [3.05, 3.63) is 0 Å². The molecule has 2 fully saturated rings. The summed E-state index contributed by atoms with van der Waals surface area (Å²) in [6.07, 6.45) is 4.93. The largest absolute Gasteiger partial charge is 0.480 e. The molecule has 2 aliphatic rings. The molecule has 0 radical (unpaired) electrons. The van der Waals surface area contributed by atoms with Gasteiger partial charge in [-0.15, -0.1) is 0 Å². The van der Waals surface area contributed by atoms with Crippen molar-refractivity contribution in [2.45, 2.75) is 63.1 Å². The fourth-order valence-electron chi connectivity index (χ4n) is 2.91. The number of nitrogens with one attached hydrogen (secondary N) is 1. The summed E-state index contributed by atoms with van der Waals surface area (Å²) in [5.74, 6) is -0.922. The van der Waals surface area contributed by atoms with E-state index in [0.717, 1.165) is 25.7 Å². The van der Waals surface area contributed by atoms with Crippen LogP contribution in [0.3, 0.4) is 0 Å². The molecular weight excluding hydrogens is 248 g/mol. The van der Waals surface area contributed by atoms with Gasteiger partial charge in [0.2, 0.25) is 0 Å². The Morgan fingerprint density at radius 1 is 1.05 bits per heavy atom. The third-order valence-electron chi connectivity index (χ3n) is 4.07. The summed E-state index contributed by atoms with van der Waals surface area (Å²) in [6.45, 7) is 0.512. The monoisotopic (exact) mass is 270 g/mol. The molecular formula is C13H22N2O4. The molecule has 6 heteroatoms. The molecule has 6 nitrogen and oxygen atoms in total. The number of piperidine rings is 1. The number of hydrogen-bond donors (Lipinski definition) is 3. The standard InChI is InChI=1S/C13H22N2O4/c16-10-6-4-9(5-7-10)14-13(19)15-8-2-1-3-11(15)12(17)18/h9-11,16H,1-8H2,(H,14,19)(H,17,18). The zero-order valence-electron chi connectivity index (χ0n) is 11.0. The Hall–Kier alpha value is -1.30. The first-order chi connectivity index (χ1) is 9.08. The number of carbonyl (C=O) groups excluding carboxylic acids is 1. The average molecular weight is 270 g/mol. The van der Waals surface area contributed by atoms with Gasteiger partial charge in [0, 0.05) is 12.6 Å². The summed E-state index contributed by atoms with van der Waals surface area (Å²) in [7, 11) is 0. The lowest BCUT2D eigenvalue weighted by Gasteiger charge is -2.35. The quantitative estimate of drug-likeness (QED) is 0.696. The summed E-state index contributed by atoms with van der Waals surface area (Å²) in [6, 6.07) is -0.899. The second-order valence-corrected chi connectivity index (χ2v) is 5.50. The fraction of sp³-hybridized carbons (Fsp3) is 0.846. The van der Waals surface area contributed by atoms with Gasteiger partial charge in [0.05, 0.1) is 6.10 Å². The van der Waals surface area contributed by atoms with Gasteiger partial charge in [0.15, 0.2) is 0 Å². The lowest BCUT2D eigenvalue weighted by Crippen LogP contribution is -2.54. The normalized spacial score (nSPS) is 31.8. The van der Waals surface area contributed by atoms with E-state index in [-0.39, 0.29) is 18.2 Å². The van der Waals surface area contributed by atoms with Crippen molar-refractivity contribution in [3.8, 4) is 0 Å². The Labute approximate surface area is 112 Å². The van der Waals surface area contributed by atoms with Crippen LogP contribution in [-0.2, 0) is 4.79 Å². The number of urea groups is 1. The van der Waals surface area contributed by atoms with Gasteiger partial charge in [0.1, 0.15) is 6.04 Å². The highest BCUT2D eigenvalue weighted by atomic mass is 16.4. The Morgan fingerprint density at radius 2 is 1.74 bits per heavy atom. The average Bonchev–Trinajstić information content (AvgIpc) is 2.41. The number of nitrogens with zero attached hydrogens (tertiary/aromatic N) is 1. The second kappa shape index (κ2) is 6.23. The lowest BCUT2D eigenvalue weighted by molar-refractivity contribution is -0.143. The molecule has 2 amide bonds. The van der Waals surface area contributed by atoms with E-state index >= 15 is 0 Å². The lowest BCUT2D eigenvalue weighted by atomic mass is 9.93. The van der Waals surface area contributed by atoms with Crippen LogP contribution in [0.1, 0.15) is 44.9 Å². The van der Waals surface area contributed by atoms with Gasteiger partial charge in [-0.2, -0.15) is 0 Å². The van der Waals surface area contributed by atoms with Crippen molar-refractivity contribution >= 4 is 12.0 Å². The van der Waals surface area contributed by atoms with E-state index in [1.54, 1.807) is 0 Å². The van der Waals surface area contributed by atoms with Crippen LogP contribution in [-0.4, -0.2) is 51.8 Å². The number of rotatable bonds is 2. The van der Waals surface area contributed by atoms with Crippen LogP contribution in [0.15, 0.2) is 0 Å². The molecule has 108 valence electrons. The van der Waals surface area contributed by atoms with Crippen LogP contribution in [0.5, 0.6) is 0 Å². The van der Waals surface area contributed by atoms with Gasteiger partial charge in [-0.3, -0.25) is 0 Å².